The molecule has 1 aromatic carbocycles. The quantitative estimate of drug-likeness (QED) is 0.487. The Bertz CT molecular complexity index is 901. The lowest BCUT2D eigenvalue weighted by atomic mass is 10.1. The second kappa shape index (κ2) is 8.24. The second-order valence-electron chi connectivity index (χ2n) is 6.20. The normalized spacial score (nSPS) is 12.5. The van der Waals surface area contributed by atoms with Crippen LogP contribution >= 0.6 is 23.1 Å². The Morgan fingerprint density at radius 3 is 2.77 bits per heavy atom. The molecule has 2 N–H and O–H groups in total. The van der Waals surface area contributed by atoms with Gasteiger partial charge in [-0.15, -0.1) is 23.1 Å². The van der Waals surface area contributed by atoms with Crippen LogP contribution in [0.2, 0.25) is 0 Å². The van der Waals surface area contributed by atoms with Gasteiger partial charge < -0.3 is 10.5 Å². The number of thioether (sulfide) groups is 1. The molecule has 0 saturated carbocycles. The average molecular weight is 390 g/mol. The first-order valence-electron chi connectivity index (χ1n) is 8.61. The van der Waals surface area contributed by atoms with E-state index in [4.69, 9.17) is 10.5 Å². The van der Waals surface area contributed by atoms with Crippen molar-refractivity contribution in [3.63, 3.8) is 0 Å². The van der Waals surface area contributed by atoms with Crippen molar-refractivity contribution in [1.29, 1.82) is 0 Å². The van der Waals surface area contributed by atoms with Gasteiger partial charge in [0.15, 0.2) is 5.69 Å². The summed E-state index contributed by atoms with van der Waals surface area (Å²) in [6.45, 7) is 6.09. The molecular formula is C19H23N3O2S2. The van der Waals surface area contributed by atoms with Gasteiger partial charge in [-0.05, 0) is 32.8 Å². The molecule has 0 fully saturated rings. The van der Waals surface area contributed by atoms with Gasteiger partial charge in [-0.3, -0.25) is 0 Å². The zero-order valence-electron chi connectivity index (χ0n) is 15.2. The van der Waals surface area contributed by atoms with E-state index >= 15 is 0 Å². The molecule has 1 unspecified atom stereocenters. The Balaban J connectivity index is 2.01. The lowest BCUT2D eigenvalue weighted by Crippen LogP contribution is -2.17. The van der Waals surface area contributed by atoms with Crippen LogP contribution in [0.4, 0.5) is 0 Å². The molecule has 1 atom stereocenters. The number of hydrogen-bond donors (Lipinski definition) is 1. The van der Waals surface area contributed by atoms with Gasteiger partial charge in [0.1, 0.15) is 4.83 Å². The number of carbonyl (C=O) groups is 1. The number of aromatic nitrogens is 2. The highest BCUT2D eigenvalue weighted by atomic mass is 32.2. The molecule has 0 saturated heterocycles. The maximum atomic E-state index is 12.6. The van der Waals surface area contributed by atoms with Crippen LogP contribution in [0.5, 0.6) is 0 Å². The van der Waals surface area contributed by atoms with Gasteiger partial charge >= 0.3 is 5.97 Å². The summed E-state index contributed by atoms with van der Waals surface area (Å²) in [7, 11) is 0. The Labute approximate surface area is 161 Å². The Morgan fingerprint density at radius 1 is 1.38 bits per heavy atom. The lowest BCUT2D eigenvalue weighted by Gasteiger charge is -2.04. The van der Waals surface area contributed by atoms with Crippen molar-refractivity contribution in [3.8, 4) is 0 Å². The fourth-order valence-electron chi connectivity index (χ4n) is 2.76. The van der Waals surface area contributed by atoms with E-state index in [1.165, 1.54) is 5.56 Å². The van der Waals surface area contributed by atoms with Gasteiger partial charge in [0.25, 0.3) is 0 Å². The highest BCUT2D eigenvalue weighted by Crippen LogP contribution is 2.37. The van der Waals surface area contributed by atoms with Gasteiger partial charge in [-0.2, -0.15) is 5.10 Å². The topological polar surface area (TPSA) is 69.6 Å². The van der Waals surface area contributed by atoms with Gasteiger partial charge in [0.2, 0.25) is 0 Å². The molecule has 0 radical (unpaired) electrons. The number of esters is 1. The van der Waals surface area contributed by atoms with Gasteiger partial charge in [-0.1, -0.05) is 30.3 Å². The summed E-state index contributed by atoms with van der Waals surface area (Å²) in [6.07, 6.45) is 0.737. The summed E-state index contributed by atoms with van der Waals surface area (Å²) < 4.78 is 7.96. The van der Waals surface area contributed by atoms with Crippen molar-refractivity contribution in [3.05, 3.63) is 52.8 Å². The molecule has 2 aromatic heterocycles. The lowest BCUT2D eigenvalue weighted by molar-refractivity contribution is 0.0513. The molecule has 5 nitrogen and oxygen atoms in total. The van der Waals surface area contributed by atoms with Crippen LogP contribution in [0.1, 0.15) is 41.2 Å². The van der Waals surface area contributed by atoms with Crippen LogP contribution in [0, 0.1) is 6.92 Å². The average Bonchev–Trinajstić information content (AvgIpc) is 3.10. The van der Waals surface area contributed by atoms with Crippen LogP contribution in [-0.2, 0) is 16.9 Å². The molecule has 2 heterocycles. The first-order chi connectivity index (χ1) is 12.5. The highest BCUT2D eigenvalue weighted by Gasteiger charge is 2.25. The van der Waals surface area contributed by atoms with Crippen LogP contribution in [0.15, 0.2) is 34.5 Å². The Morgan fingerprint density at radius 2 is 2.12 bits per heavy atom. The van der Waals surface area contributed by atoms with Crippen molar-refractivity contribution in [2.75, 3.05) is 6.61 Å². The highest BCUT2D eigenvalue weighted by molar-refractivity contribution is 8.00. The van der Waals surface area contributed by atoms with Crippen LogP contribution in [-0.4, -0.2) is 28.2 Å². The summed E-state index contributed by atoms with van der Waals surface area (Å²) in [6, 6.07) is 10.2. The van der Waals surface area contributed by atoms with Crippen molar-refractivity contribution in [2.45, 2.75) is 43.2 Å². The molecule has 26 heavy (non-hydrogen) atoms. The Hall–Kier alpha value is -1.83. The number of aryl methyl sites for hydroxylation is 1. The largest absolute Gasteiger partial charge is 0.461 e. The van der Waals surface area contributed by atoms with E-state index in [0.717, 1.165) is 32.5 Å². The molecule has 7 heteroatoms. The fourth-order valence-corrected chi connectivity index (χ4v) is 5.23. The molecule has 0 bridgehead atoms. The smallest absolute Gasteiger partial charge is 0.359 e. The standard InChI is InChI=1S/C19H23N3O2S2/c1-4-24-18(23)16-19(25-11-14-8-6-5-7-9-14)26-17-15(10-12(2)20)13(3)21-22(16)17/h5-9,12H,4,10-11,20H2,1-3H3. The zero-order valence-corrected chi connectivity index (χ0v) is 16.8. The molecule has 0 aliphatic rings. The van der Waals surface area contributed by atoms with E-state index in [0.29, 0.717) is 12.3 Å². The van der Waals surface area contributed by atoms with Crippen molar-refractivity contribution < 1.29 is 9.53 Å². The van der Waals surface area contributed by atoms with Crippen molar-refractivity contribution in [2.24, 2.45) is 5.73 Å². The van der Waals surface area contributed by atoms with E-state index in [1.807, 2.05) is 39.0 Å². The fraction of sp³-hybridized carbons (Fsp3) is 0.368. The summed E-state index contributed by atoms with van der Waals surface area (Å²) in [4.78, 5) is 13.6. The molecule has 3 rings (SSSR count). The van der Waals surface area contributed by atoms with Gasteiger partial charge in [0, 0.05) is 17.4 Å². The van der Waals surface area contributed by atoms with Crippen LogP contribution < -0.4 is 5.73 Å². The number of benzene rings is 1. The molecule has 0 aliphatic carbocycles. The van der Waals surface area contributed by atoms with Gasteiger partial charge in [-0.25, -0.2) is 9.31 Å². The molecule has 0 spiro atoms. The maximum absolute atomic E-state index is 12.6. The molecule has 3 aromatic rings. The predicted octanol–water partition coefficient (Wildman–Crippen LogP) is 4.06. The summed E-state index contributed by atoms with van der Waals surface area (Å²) in [5.41, 5.74) is 9.76. The number of hydrogen-bond acceptors (Lipinski definition) is 6. The molecule has 138 valence electrons. The number of carbonyl (C=O) groups excluding carboxylic acids is 1. The number of nitrogens with zero attached hydrogens (tertiary/aromatic N) is 2. The maximum Gasteiger partial charge on any atom is 0.359 e. The summed E-state index contributed by atoms with van der Waals surface area (Å²) in [5, 5.41) is 4.60. The predicted molar refractivity (Wildman–Crippen MR) is 107 cm³/mol. The van der Waals surface area contributed by atoms with E-state index in [9.17, 15) is 4.79 Å². The van der Waals surface area contributed by atoms with E-state index in [2.05, 4.69) is 17.2 Å². The summed E-state index contributed by atoms with van der Waals surface area (Å²) in [5.74, 6) is 0.461. The minimum absolute atomic E-state index is 0.0373. The molecule has 0 aliphatic heterocycles. The van der Waals surface area contributed by atoms with Gasteiger partial charge in [0.05, 0.1) is 16.5 Å². The van der Waals surface area contributed by atoms with Crippen LogP contribution in [0.3, 0.4) is 0 Å². The van der Waals surface area contributed by atoms with E-state index in [1.54, 1.807) is 27.6 Å². The number of nitrogens with two attached hydrogens (primary N) is 1. The number of rotatable bonds is 7. The van der Waals surface area contributed by atoms with Crippen LogP contribution in [0.25, 0.3) is 4.83 Å². The third-order valence-corrected chi connectivity index (χ3v) is 6.47. The van der Waals surface area contributed by atoms with E-state index in [-0.39, 0.29) is 12.0 Å². The number of fused-ring (bicyclic) bond motifs is 1. The number of ether oxygens (including phenoxy) is 1. The van der Waals surface area contributed by atoms with Crippen molar-refractivity contribution >= 4 is 33.9 Å². The van der Waals surface area contributed by atoms with Crippen molar-refractivity contribution in [1.82, 2.24) is 9.61 Å². The first-order valence-corrected chi connectivity index (χ1v) is 10.4. The third kappa shape index (κ3) is 3.95. The monoisotopic (exact) mass is 389 g/mol. The molecule has 0 amide bonds. The Kier molecular flexibility index (Phi) is 6.01. The minimum Gasteiger partial charge on any atom is -0.461 e. The number of thiazole rings is 1. The summed E-state index contributed by atoms with van der Waals surface area (Å²) >= 11 is 3.24. The first kappa shape index (κ1) is 18.9. The minimum atomic E-state index is -0.329. The second-order valence-corrected chi connectivity index (χ2v) is 8.44. The molecular weight excluding hydrogens is 366 g/mol. The van der Waals surface area contributed by atoms with E-state index < -0.39 is 0 Å². The third-order valence-electron chi connectivity index (χ3n) is 3.94. The SMILES string of the molecule is CCOC(=O)c1c(SCc2ccccc2)sc2c(CC(C)N)c(C)nn12. The zero-order chi connectivity index (χ0) is 18.7.